The third-order valence-corrected chi connectivity index (χ3v) is 4.17. The van der Waals surface area contributed by atoms with Crippen molar-refractivity contribution in [3.8, 4) is 0 Å². The highest BCUT2D eigenvalue weighted by Gasteiger charge is 2.43. The van der Waals surface area contributed by atoms with Crippen molar-refractivity contribution in [2.45, 2.75) is 19.3 Å². The fraction of sp³-hybridized carbons (Fsp3) is 0.500. The summed E-state index contributed by atoms with van der Waals surface area (Å²) in [5, 5.41) is 12.8. The Hall–Kier alpha value is -0.770. The highest BCUT2D eigenvalue weighted by molar-refractivity contribution is 6.42. The number of hydrogen-bond donors (Lipinski definition) is 2. The lowest BCUT2D eigenvalue weighted by Gasteiger charge is -2.09. The number of hydrogen-bond acceptors (Lipinski definition) is 2. The number of carbonyl (C=O) groups excluding carboxylic acids is 1. The predicted molar refractivity (Wildman–Crippen MR) is 76.6 cm³/mol. The predicted octanol–water partition coefficient (Wildman–Crippen LogP) is 2.84. The van der Waals surface area contributed by atoms with Gasteiger partial charge in [0.2, 0.25) is 5.91 Å². The smallest absolute Gasteiger partial charge is 0.223 e. The minimum Gasteiger partial charge on any atom is -0.396 e. The van der Waals surface area contributed by atoms with Crippen LogP contribution in [0.2, 0.25) is 10.0 Å². The number of carbonyl (C=O) groups is 1. The highest BCUT2D eigenvalue weighted by Crippen LogP contribution is 2.48. The topological polar surface area (TPSA) is 49.3 Å². The number of aliphatic hydroxyl groups is 1. The second-order valence-electron chi connectivity index (χ2n) is 5.16. The maximum atomic E-state index is 11.9. The summed E-state index contributed by atoms with van der Waals surface area (Å²) in [6.45, 7) is 2.49. The fourth-order valence-electron chi connectivity index (χ4n) is 2.07. The normalized spacial score (nSPS) is 22.9. The van der Waals surface area contributed by atoms with Gasteiger partial charge >= 0.3 is 0 Å². The Kier molecular flexibility index (Phi) is 4.71. The Morgan fingerprint density at radius 2 is 2.21 bits per heavy atom. The number of benzene rings is 1. The summed E-state index contributed by atoms with van der Waals surface area (Å²) >= 11 is 11.8. The van der Waals surface area contributed by atoms with Crippen molar-refractivity contribution >= 4 is 29.1 Å². The van der Waals surface area contributed by atoms with E-state index in [-0.39, 0.29) is 30.3 Å². The van der Waals surface area contributed by atoms with Crippen molar-refractivity contribution in [2.24, 2.45) is 11.8 Å². The average Bonchev–Trinajstić information content (AvgIpc) is 3.19. The van der Waals surface area contributed by atoms with E-state index in [1.54, 1.807) is 6.07 Å². The summed E-state index contributed by atoms with van der Waals surface area (Å²) in [6.07, 6.45) is 0.845. The van der Waals surface area contributed by atoms with Crippen LogP contribution in [0.15, 0.2) is 18.2 Å². The Morgan fingerprint density at radius 3 is 2.84 bits per heavy atom. The molecule has 3 atom stereocenters. The summed E-state index contributed by atoms with van der Waals surface area (Å²) in [4.78, 5) is 11.9. The van der Waals surface area contributed by atoms with E-state index in [0.717, 1.165) is 12.0 Å². The number of rotatable bonds is 5. The van der Waals surface area contributed by atoms with E-state index < -0.39 is 0 Å². The molecule has 0 aliphatic heterocycles. The Morgan fingerprint density at radius 1 is 1.47 bits per heavy atom. The quantitative estimate of drug-likeness (QED) is 0.878. The molecule has 2 N–H and O–H groups in total. The van der Waals surface area contributed by atoms with Crippen LogP contribution in [0.5, 0.6) is 0 Å². The molecule has 104 valence electrons. The zero-order valence-electron chi connectivity index (χ0n) is 10.7. The van der Waals surface area contributed by atoms with Crippen LogP contribution >= 0.6 is 23.2 Å². The number of nitrogens with one attached hydrogen (secondary N) is 1. The van der Waals surface area contributed by atoms with Crippen LogP contribution in [-0.2, 0) is 4.79 Å². The Balaban J connectivity index is 1.89. The lowest BCUT2D eigenvalue weighted by molar-refractivity contribution is -0.122. The van der Waals surface area contributed by atoms with E-state index in [1.165, 1.54) is 0 Å². The molecule has 0 radical (unpaired) electrons. The highest BCUT2D eigenvalue weighted by atomic mass is 35.5. The average molecular weight is 302 g/mol. The molecular weight excluding hydrogens is 285 g/mol. The van der Waals surface area contributed by atoms with E-state index in [9.17, 15) is 4.79 Å². The molecule has 3 unspecified atom stereocenters. The summed E-state index contributed by atoms with van der Waals surface area (Å²) < 4.78 is 0. The van der Waals surface area contributed by atoms with Gasteiger partial charge in [0.1, 0.15) is 0 Å². The van der Waals surface area contributed by atoms with Crippen LogP contribution in [0.25, 0.3) is 0 Å². The van der Waals surface area contributed by atoms with Gasteiger partial charge < -0.3 is 10.4 Å². The molecular formula is C14H17Cl2NO2. The van der Waals surface area contributed by atoms with Gasteiger partial charge in [-0.1, -0.05) is 36.2 Å². The molecule has 1 amide bonds. The molecule has 0 spiro atoms. The molecule has 0 saturated heterocycles. The van der Waals surface area contributed by atoms with Crippen molar-refractivity contribution in [3.63, 3.8) is 0 Å². The molecule has 0 heterocycles. The standard InChI is InChI=1S/C14H17Cl2NO2/c1-8(7-18)6-17-14(19)11-5-10(11)9-2-3-12(15)13(16)4-9/h2-4,8,10-11,18H,5-7H2,1H3,(H,17,19). The summed E-state index contributed by atoms with van der Waals surface area (Å²) in [5.74, 6) is 0.393. The molecule has 0 aromatic heterocycles. The minimum atomic E-state index is 0.0168. The molecule has 2 rings (SSSR count). The second-order valence-corrected chi connectivity index (χ2v) is 5.97. The van der Waals surface area contributed by atoms with Gasteiger partial charge in [-0.15, -0.1) is 0 Å². The van der Waals surface area contributed by atoms with Crippen LogP contribution < -0.4 is 5.32 Å². The molecule has 1 aromatic carbocycles. The summed E-state index contributed by atoms with van der Waals surface area (Å²) in [6, 6.07) is 5.51. The van der Waals surface area contributed by atoms with E-state index in [0.29, 0.717) is 16.6 Å². The molecule has 1 fully saturated rings. The Bertz CT molecular complexity index is 479. The largest absolute Gasteiger partial charge is 0.396 e. The molecule has 19 heavy (non-hydrogen) atoms. The van der Waals surface area contributed by atoms with Gasteiger partial charge in [0.05, 0.1) is 10.0 Å². The van der Waals surface area contributed by atoms with Gasteiger partial charge in [0.15, 0.2) is 0 Å². The van der Waals surface area contributed by atoms with Gasteiger partial charge in [-0.3, -0.25) is 4.79 Å². The van der Waals surface area contributed by atoms with Crippen LogP contribution in [0.4, 0.5) is 0 Å². The fourth-order valence-corrected chi connectivity index (χ4v) is 2.37. The molecule has 0 bridgehead atoms. The van der Waals surface area contributed by atoms with Crippen LogP contribution in [0.1, 0.15) is 24.8 Å². The van der Waals surface area contributed by atoms with Crippen molar-refractivity contribution in [3.05, 3.63) is 33.8 Å². The maximum Gasteiger partial charge on any atom is 0.223 e. The van der Waals surface area contributed by atoms with Crippen LogP contribution in [0, 0.1) is 11.8 Å². The minimum absolute atomic E-state index is 0.0168. The molecule has 5 heteroatoms. The summed E-state index contributed by atoms with van der Waals surface area (Å²) in [7, 11) is 0. The lowest BCUT2D eigenvalue weighted by Crippen LogP contribution is -2.31. The van der Waals surface area contributed by atoms with Gasteiger partial charge in [0.25, 0.3) is 0 Å². The van der Waals surface area contributed by atoms with Gasteiger partial charge in [-0.25, -0.2) is 0 Å². The monoisotopic (exact) mass is 301 g/mol. The van der Waals surface area contributed by atoms with Crippen molar-refractivity contribution < 1.29 is 9.90 Å². The first-order chi connectivity index (χ1) is 9.02. The molecule has 1 saturated carbocycles. The first kappa shape index (κ1) is 14.6. The third kappa shape index (κ3) is 3.62. The van der Waals surface area contributed by atoms with E-state index in [4.69, 9.17) is 28.3 Å². The maximum absolute atomic E-state index is 11.9. The number of halogens is 2. The molecule has 1 aliphatic carbocycles. The molecule has 3 nitrogen and oxygen atoms in total. The van der Waals surface area contributed by atoms with Crippen LogP contribution in [0.3, 0.4) is 0 Å². The van der Waals surface area contributed by atoms with E-state index >= 15 is 0 Å². The van der Waals surface area contributed by atoms with E-state index in [1.807, 2.05) is 19.1 Å². The first-order valence-corrected chi connectivity index (χ1v) is 7.12. The zero-order valence-corrected chi connectivity index (χ0v) is 12.2. The van der Waals surface area contributed by atoms with Crippen molar-refractivity contribution in [1.82, 2.24) is 5.32 Å². The Labute approximate surface area is 122 Å². The molecule has 1 aromatic rings. The number of aliphatic hydroxyl groups excluding tert-OH is 1. The second kappa shape index (κ2) is 6.12. The van der Waals surface area contributed by atoms with Crippen molar-refractivity contribution in [1.29, 1.82) is 0 Å². The SMILES string of the molecule is CC(CO)CNC(=O)C1CC1c1ccc(Cl)c(Cl)c1. The van der Waals surface area contributed by atoms with Crippen LogP contribution in [-0.4, -0.2) is 24.2 Å². The number of amides is 1. The van der Waals surface area contributed by atoms with Gasteiger partial charge in [-0.2, -0.15) is 0 Å². The van der Waals surface area contributed by atoms with Crippen molar-refractivity contribution in [2.75, 3.05) is 13.2 Å². The summed E-state index contributed by atoms with van der Waals surface area (Å²) in [5.41, 5.74) is 1.06. The zero-order chi connectivity index (χ0) is 14.0. The first-order valence-electron chi connectivity index (χ1n) is 6.36. The third-order valence-electron chi connectivity index (χ3n) is 3.44. The van der Waals surface area contributed by atoms with Gasteiger partial charge in [0, 0.05) is 19.1 Å². The lowest BCUT2D eigenvalue weighted by atomic mass is 10.1. The molecule has 1 aliphatic rings. The van der Waals surface area contributed by atoms with E-state index in [2.05, 4.69) is 5.32 Å². The van der Waals surface area contributed by atoms with Gasteiger partial charge in [-0.05, 0) is 36.0 Å².